The fraction of sp³-hybridized carbons (Fsp3) is 0.689. The van der Waals surface area contributed by atoms with Gasteiger partial charge in [-0.05, 0) is 103 Å². The number of aliphatic hydroxyl groups excluding tert-OH is 2. The number of amides is 1. The number of rotatable bonds is 18. The summed E-state index contributed by atoms with van der Waals surface area (Å²) >= 11 is 13.1. The number of halogens is 2. The van der Waals surface area contributed by atoms with E-state index in [9.17, 15) is 19.8 Å². The molecule has 0 fully saturated rings. The van der Waals surface area contributed by atoms with Crippen molar-refractivity contribution >= 4 is 35.1 Å². The van der Waals surface area contributed by atoms with E-state index in [4.69, 9.17) is 33.7 Å². The molecule has 7 nitrogen and oxygen atoms in total. The summed E-state index contributed by atoms with van der Waals surface area (Å²) in [5, 5.41) is 24.2. The van der Waals surface area contributed by atoms with Gasteiger partial charge >= 0.3 is 5.97 Å². The molecule has 0 bridgehead atoms. The van der Waals surface area contributed by atoms with Gasteiger partial charge in [-0.15, -0.1) is 0 Å². The van der Waals surface area contributed by atoms with Crippen LogP contribution in [0.2, 0.25) is 10.0 Å². The molecular weight excluding hydrogens is 719 g/mol. The maximum Gasteiger partial charge on any atom is 0.307 e. The molecule has 0 saturated carbocycles. The van der Waals surface area contributed by atoms with Crippen LogP contribution in [0.25, 0.3) is 0 Å². The summed E-state index contributed by atoms with van der Waals surface area (Å²) in [6, 6.07) is 12.2. The van der Waals surface area contributed by atoms with Gasteiger partial charge in [-0.1, -0.05) is 124 Å². The zero-order valence-electron chi connectivity index (χ0n) is 35.8. The van der Waals surface area contributed by atoms with E-state index in [1.54, 1.807) is 6.92 Å². The lowest BCUT2D eigenvalue weighted by Crippen LogP contribution is -2.45. The topological polar surface area (TPSA) is 122 Å². The number of aliphatic hydroxyl groups is 2. The molecule has 2 aromatic rings. The number of benzene rings is 2. The molecule has 0 heterocycles. The molecule has 5 N–H and O–H groups in total. The normalized spacial score (nSPS) is 15.5. The third-order valence-corrected chi connectivity index (χ3v) is 11.5. The average molecular weight is 794 g/mol. The van der Waals surface area contributed by atoms with E-state index in [0.29, 0.717) is 23.0 Å². The standard InChI is InChI=1S/C26H42ClNO4.C19H32ClNO/c1-8-32-24(31)12-14-28-23(30)16-26(7,21(17-29)18(2)3)20-10-9-19(22(27)15-20)11-13-25(4,5)6;1-13(2)16(12-22)19(6,21)15-8-7-14(17(20)11-15)9-10-18(3,4)5/h9-10,15,18,21,29H,8,11-14,16-17H2,1-7H3,(H,28,30);7-8,11,13,16,22H,9-10,12,21H2,1-6H3/t21?,26-;16?,19-/m00/s1. The van der Waals surface area contributed by atoms with Crippen molar-refractivity contribution in [1.29, 1.82) is 0 Å². The molecule has 0 aromatic heterocycles. The minimum absolute atomic E-state index is 0.00370. The summed E-state index contributed by atoms with van der Waals surface area (Å²) < 4.78 is 4.91. The van der Waals surface area contributed by atoms with E-state index in [0.717, 1.165) is 47.4 Å². The van der Waals surface area contributed by atoms with Gasteiger partial charge in [0.15, 0.2) is 0 Å². The maximum atomic E-state index is 12.8. The molecule has 0 aliphatic heterocycles. The molecule has 0 saturated heterocycles. The highest BCUT2D eigenvalue weighted by Gasteiger charge is 2.40. The summed E-state index contributed by atoms with van der Waals surface area (Å²) in [5.41, 5.74) is 10.0. The highest BCUT2D eigenvalue weighted by Crippen LogP contribution is 2.41. The molecule has 0 aliphatic carbocycles. The van der Waals surface area contributed by atoms with Crippen molar-refractivity contribution in [2.45, 2.75) is 139 Å². The van der Waals surface area contributed by atoms with Crippen molar-refractivity contribution in [2.24, 2.45) is 40.2 Å². The molecule has 2 aromatic carbocycles. The van der Waals surface area contributed by atoms with Gasteiger partial charge < -0.3 is 26.0 Å². The Morgan fingerprint density at radius 1 is 0.759 bits per heavy atom. The summed E-state index contributed by atoms with van der Waals surface area (Å²) in [6.07, 6.45) is 4.31. The molecule has 4 atom stereocenters. The molecule has 0 aliphatic rings. The lowest BCUT2D eigenvalue weighted by Gasteiger charge is -2.39. The van der Waals surface area contributed by atoms with Crippen LogP contribution in [0.4, 0.5) is 0 Å². The summed E-state index contributed by atoms with van der Waals surface area (Å²) in [5.74, 6) is -0.151. The van der Waals surface area contributed by atoms with Crippen molar-refractivity contribution in [3.8, 4) is 0 Å². The lowest BCUT2D eigenvalue weighted by molar-refractivity contribution is -0.143. The lowest BCUT2D eigenvalue weighted by atomic mass is 9.65. The number of carbonyl (C=O) groups is 2. The third kappa shape index (κ3) is 16.1. The van der Waals surface area contributed by atoms with Crippen LogP contribution in [0.3, 0.4) is 0 Å². The minimum atomic E-state index is -0.608. The van der Waals surface area contributed by atoms with E-state index in [2.05, 4.69) is 92.8 Å². The molecule has 54 heavy (non-hydrogen) atoms. The van der Waals surface area contributed by atoms with Gasteiger partial charge in [0.25, 0.3) is 0 Å². The number of nitrogens with one attached hydrogen (secondary N) is 1. The molecule has 0 spiro atoms. The Labute approximate surface area is 338 Å². The number of esters is 1. The summed E-state index contributed by atoms with van der Waals surface area (Å²) in [7, 11) is 0. The van der Waals surface area contributed by atoms with Crippen LogP contribution in [-0.2, 0) is 38.1 Å². The van der Waals surface area contributed by atoms with E-state index < -0.39 is 11.0 Å². The van der Waals surface area contributed by atoms with E-state index >= 15 is 0 Å². The van der Waals surface area contributed by atoms with Crippen LogP contribution in [-0.4, -0.2) is 48.5 Å². The first-order valence-electron chi connectivity index (χ1n) is 19.8. The van der Waals surface area contributed by atoms with Crippen molar-refractivity contribution in [1.82, 2.24) is 5.32 Å². The van der Waals surface area contributed by atoms with Gasteiger partial charge in [0.05, 0.1) is 13.0 Å². The maximum absolute atomic E-state index is 12.8. The van der Waals surface area contributed by atoms with Crippen LogP contribution < -0.4 is 11.1 Å². The predicted molar refractivity (Wildman–Crippen MR) is 227 cm³/mol. The van der Waals surface area contributed by atoms with Gasteiger partial charge in [0, 0.05) is 53.1 Å². The van der Waals surface area contributed by atoms with Gasteiger partial charge in [0.2, 0.25) is 5.91 Å². The number of hydrogen-bond donors (Lipinski definition) is 4. The Hall–Kier alpha value is -2.16. The molecule has 308 valence electrons. The molecule has 9 heteroatoms. The Kier molecular flexibility index (Phi) is 20.3. The van der Waals surface area contributed by atoms with Gasteiger partial charge in [-0.3, -0.25) is 9.59 Å². The Morgan fingerprint density at radius 3 is 1.59 bits per heavy atom. The first kappa shape index (κ1) is 49.9. The van der Waals surface area contributed by atoms with Crippen LogP contribution in [0.15, 0.2) is 36.4 Å². The minimum Gasteiger partial charge on any atom is -0.466 e. The fourth-order valence-corrected chi connectivity index (χ4v) is 7.60. The van der Waals surface area contributed by atoms with Crippen LogP contribution >= 0.6 is 23.2 Å². The van der Waals surface area contributed by atoms with Crippen molar-refractivity contribution < 1.29 is 24.5 Å². The number of hydrogen-bond acceptors (Lipinski definition) is 6. The van der Waals surface area contributed by atoms with E-state index in [-0.39, 0.29) is 67.6 Å². The van der Waals surface area contributed by atoms with Gasteiger partial charge in [0.1, 0.15) is 0 Å². The fourth-order valence-electron chi connectivity index (χ4n) is 7.05. The number of aryl methyl sites for hydroxylation is 2. The highest BCUT2D eigenvalue weighted by atomic mass is 35.5. The number of nitrogens with two attached hydrogens (primary N) is 1. The van der Waals surface area contributed by atoms with Crippen molar-refractivity contribution in [3.05, 3.63) is 68.7 Å². The second-order valence-corrected chi connectivity index (χ2v) is 19.4. The molecule has 0 radical (unpaired) electrons. The number of ether oxygens (including phenoxy) is 1. The Balaban J connectivity index is 0.000000578. The van der Waals surface area contributed by atoms with E-state index in [1.807, 2.05) is 32.0 Å². The van der Waals surface area contributed by atoms with Crippen molar-refractivity contribution in [3.63, 3.8) is 0 Å². The monoisotopic (exact) mass is 792 g/mol. The predicted octanol–water partition coefficient (Wildman–Crippen LogP) is 10.1. The van der Waals surface area contributed by atoms with Crippen LogP contribution in [0, 0.1) is 34.5 Å². The quantitative estimate of drug-likeness (QED) is 0.112. The average Bonchev–Trinajstić information content (AvgIpc) is 3.03. The smallest absolute Gasteiger partial charge is 0.307 e. The Bertz CT molecular complexity index is 1460. The molecular formula is C45H74Cl2N2O5. The molecule has 2 rings (SSSR count). The third-order valence-electron chi connectivity index (χ3n) is 10.8. The first-order valence-corrected chi connectivity index (χ1v) is 20.6. The first-order chi connectivity index (χ1) is 24.8. The highest BCUT2D eigenvalue weighted by molar-refractivity contribution is 6.31. The van der Waals surface area contributed by atoms with Crippen molar-refractivity contribution in [2.75, 3.05) is 26.4 Å². The van der Waals surface area contributed by atoms with Crippen LogP contribution in [0.1, 0.15) is 138 Å². The summed E-state index contributed by atoms with van der Waals surface area (Å²) in [4.78, 5) is 24.3. The zero-order chi connectivity index (χ0) is 41.7. The van der Waals surface area contributed by atoms with E-state index in [1.165, 1.54) is 5.56 Å². The molecule has 1 amide bonds. The SMILES string of the molecule is CC(C)C(CO)[C@@](C)(N)c1ccc(CCC(C)(C)C)c(Cl)c1.CCOC(=O)CCNC(=O)C[C@@](C)(c1ccc(CCC(C)(C)C)c(Cl)c1)C(CO)C(C)C. The van der Waals surface area contributed by atoms with Crippen LogP contribution in [0.5, 0.6) is 0 Å². The zero-order valence-corrected chi connectivity index (χ0v) is 37.3. The largest absolute Gasteiger partial charge is 0.466 e. The molecule has 2 unspecified atom stereocenters. The summed E-state index contributed by atoms with van der Waals surface area (Å²) in [6.45, 7) is 28.0. The van der Waals surface area contributed by atoms with Gasteiger partial charge in [-0.2, -0.15) is 0 Å². The second kappa shape index (κ2) is 22.0. The van der Waals surface area contributed by atoms with Gasteiger partial charge in [-0.25, -0.2) is 0 Å². The second-order valence-electron chi connectivity index (χ2n) is 18.6. The number of carbonyl (C=O) groups excluding carboxylic acids is 2. The Morgan fingerprint density at radius 2 is 1.20 bits per heavy atom.